The average Bonchev–Trinajstić information content (AvgIpc) is 3.63. The van der Waals surface area contributed by atoms with Crippen LogP contribution in [0, 0.1) is 0 Å². The van der Waals surface area contributed by atoms with Gasteiger partial charge in [0.25, 0.3) is 5.79 Å². The van der Waals surface area contributed by atoms with Crippen LogP contribution in [-0.2, 0) is 21.7 Å². The minimum absolute atomic E-state index is 0.230. The number of aliphatic hydroxyl groups is 1. The number of nitrogens with zero attached hydrogens (tertiary/aromatic N) is 4. The number of aromatic nitrogens is 4. The number of ether oxygens (including phenoxy) is 4. The topological polar surface area (TPSA) is 143 Å². The molecule has 1 atom stereocenters. The van der Waals surface area contributed by atoms with E-state index in [1.165, 1.54) is 20.4 Å². The molecule has 6 rings (SSSR count). The molecule has 0 saturated heterocycles. The highest BCUT2D eigenvalue weighted by molar-refractivity contribution is 7.00. The van der Waals surface area contributed by atoms with Crippen molar-refractivity contribution in [2.45, 2.75) is 12.2 Å². The molecule has 0 saturated carbocycles. The molecule has 12 heteroatoms. The summed E-state index contributed by atoms with van der Waals surface area (Å²) in [5.41, 5.74) is 4.46. The van der Waals surface area contributed by atoms with Gasteiger partial charge < -0.3 is 24.1 Å². The lowest BCUT2D eigenvalue weighted by atomic mass is 9.88. The van der Waals surface area contributed by atoms with E-state index in [-0.39, 0.29) is 6.42 Å². The molecule has 43 heavy (non-hydrogen) atoms. The van der Waals surface area contributed by atoms with Crippen molar-refractivity contribution in [1.82, 2.24) is 18.7 Å². The third kappa shape index (κ3) is 6.20. The first kappa shape index (κ1) is 29.3. The molecule has 0 aliphatic carbocycles. The zero-order valence-electron chi connectivity index (χ0n) is 23.4. The highest BCUT2D eigenvalue weighted by Gasteiger charge is 2.48. The number of methoxy groups -OCH3 is 3. The SMILES string of the molecule is COc1ccc(C2(O)OC(=O)C(c3ccc4nsnc4c3)=C2Cc2ccc(OC)nc2)cc1.COc1ccc(C=O)cn1. The molecule has 0 radical (unpaired) electrons. The van der Waals surface area contributed by atoms with Crippen LogP contribution in [0.4, 0.5) is 0 Å². The second-order valence-corrected chi connectivity index (χ2v) is 9.75. The normalized spacial score (nSPS) is 15.9. The second kappa shape index (κ2) is 12.8. The molecule has 0 amide bonds. The number of fused-ring (bicyclic) bond motifs is 1. The van der Waals surface area contributed by atoms with Gasteiger partial charge in [0, 0.05) is 47.6 Å². The minimum Gasteiger partial charge on any atom is -0.497 e. The maximum atomic E-state index is 13.1. The fourth-order valence-electron chi connectivity index (χ4n) is 4.45. The Morgan fingerprint density at radius 1 is 0.860 bits per heavy atom. The number of benzene rings is 2. The molecule has 1 N–H and O–H groups in total. The fourth-order valence-corrected chi connectivity index (χ4v) is 4.97. The van der Waals surface area contributed by atoms with Crippen LogP contribution in [0.25, 0.3) is 16.6 Å². The zero-order valence-corrected chi connectivity index (χ0v) is 24.2. The molecular weight excluding hydrogens is 572 g/mol. The van der Waals surface area contributed by atoms with E-state index >= 15 is 0 Å². The highest BCUT2D eigenvalue weighted by atomic mass is 32.1. The Morgan fingerprint density at radius 3 is 2.16 bits per heavy atom. The number of carbonyl (C=O) groups is 2. The molecule has 2 aromatic carbocycles. The molecular formula is C31H26N4O7S. The Hall–Kier alpha value is -5.20. The lowest BCUT2D eigenvalue weighted by molar-refractivity contribution is -0.185. The van der Waals surface area contributed by atoms with Crippen molar-refractivity contribution in [2.75, 3.05) is 21.3 Å². The van der Waals surface area contributed by atoms with Gasteiger partial charge in [-0.05, 0) is 53.6 Å². The summed E-state index contributed by atoms with van der Waals surface area (Å²) >= 11 is 1.10. The Bertz CT molecular complexity index is 1770. The Kier molecular flexibility index (Phi) is 8.69. The lowest BCUT2D eigenvalue weighted by Crippen LogP contribution is -2.29. The summed E-state index contributed by atoms with van der Waals surface area (Å²) < 4.78 is 29.3. The monoisotopic (exact) mass is 598 g/mol. The van der Waals surface area contributed by atoms with Crippen molar-refractivity contribution in [2.24, 2.45) is 0 Å². The summed E-state index contributed by atoms with van der Waals surface area (Å²) in [5.74, 6) is -0.955. The van der Waals surface area contributed by atoms with Crippen molar-refractivity contribution in [1.29, 1.82) is 0 Å². The average molecular weight is 599 g/mol. The van der Waals surface area contributed by atoms with Crippen LogP contribution in [0.1, 0.15) is 27.0 Å². The number of aldehydes is 1. The van der Waals surface area contributed by atoms with Gasteiger partial charge >= 0.3 is 5.97 Å². The molecule has 11 nitrogen and oxygen atoms in total. The van der Waals surface area contributed by atoms with Crippen molar-refractivity contribution in [3.8, 4) is 17.5 Å². The fraction of sp³-hybridized carbons (Fsp3) is 0.161. The zero-order chi connectivity index (χ0) is 30.4. The first-order valence-corrected chi connectivity index (χ1v) is 13.6. The maximum absolute atomic E-state index is 13.1. The molecule has 4 heterocycles. The van der Waals surface area contributed by atoms with Crippen LogP contribution >= 0.6 is 11.7 Å². The number of pyridine rings is 2. The number of cyclic esters (lactones) is 1. The third-order valence-corrected chi connectivity index (χ3v) is 7.23. The summed E-state index contributed by atoms with van der Waals surface area (Å²) in [7, 11) is 4.63. The Morgan fingerprint density at radius 2 is 1.56 bits per heavy atom. The molecule has 0 bridgehead atoms. The van der Waals surface area contributed by atoms with Crippen molar-refractivity contribution in [3.63, 3.8) is 0 Å². The molecule has 1 unspecified atom stereocenters. The Balaban J connectivity index is 0.000000314. The lowest BCUT2D eigenvalue weighted by Gasteiger charge is -2.26. The summed E-state index contributed by atoms with van der Waals surface area (Å²) in [6, 6.07) is 19.0. The van der Waals surface area contributed by atoms with Gasteiger partial charge in [-0.1, -0.05) is 12.1 Å². The molecule has 218 valence electrons. The highest BCUT2D eigenvalue weighted by Crippen LogP contribution is 2.45. The first-order valence-electron chi connectivity index (χ1n) is 12.9. The number of carbonyl (C=O) groups excluding carboxylic acids is 2. The molecule has 5 aromatic rings. The summed E-state index contributed by atoms with van der Waals surface area (Å²) in [6.45, 7) is 0. The van der Waals surface area contributed by atoms with Crippen molar-refractivity contribution in [3.05, 3.63) is 107 Å². The van der Waals surface area contributed by atoms with Crippen LogP contribution in [0.3, 0.4) is 0 Å². The molecule has 3 aromatic heterocycles. The maximum Gasteiger partial charge on any atom is 0.342 e. The Labute approximate surface area is 250 Å². The van der Waals surface area contributed by atoms with E-state index in [1.807, 2.05) is 6.07 Å². The van der Waals surface area contributed by atoms with Crippen LogP contribution in [-0.4, -0.2) is 57.4 Å². The van der Waals surface area contributed by atoms with E-state index < -0.39 is 11.8 Å². The van der Waals surface area contributed by atoms with E-state index in [0.29, 0.717) is 50.9 Å². The van der Waals surface area contributed by atoms with Crippen LogP contribution < -0.4 is 14.2 Å². The van der Waals surface area contributed by atoms with E-state index in [9.17, 15) is 14.7 Å². The van der Waals surface area contributed by atoms with Gasteiger partial charge in [-0.15, -0.1) is 0 Å². The van der Waals surface area contributed by atoms with Gasteiger partial charge in [-0.25, -0.2) is 14.8 Å². The van der Waals surface area contributed by atoms with Gasteiger partial charge in [-0.2, -0.15) is 8.75 Å². The number of rotatable bonds is 8. The summed E-state index contributed by atoms with van der Waals surface area (Å²) in [6.07, 6.45) is 4.08. The smallest absolute Gasteiger partial charge is 0.342 e. The summed E-state index contributed by atoms with van der Waals surface area (Å²) in [4.78, 5) is 31.3. The van der Waals surface area contributed by atoms with Gasteiger partial charge in [-0.3, -0.25) is 4.79 Å². The first-order chi connectivity index (χ1) is 20.9. The van der Waals surface area contributed by atoms with Crippen molar-refractivity contribution >= 4 is 40.6 Å². The second-order valence-electron chi connectivity index (χ2n) is 9.22. The summed E-state index contributed by atoms with van der Waals surface area (Å²) in [5, 5.41) is 11.7. The van der Waals surface area contributed by atoms with Gasteiger partial charge in [0.2, 0.25) is 11.8 Å². The van der Waals surface area contributed by atoms with E-state index in [0.717, 1.165) is 29.1 Å². The van der Waals surface area contributed by atoms with Gasteiger partial charge in [0.1, 0.15) is 16.8 Å². The van der Waals surface area contributed by atoms with E-state index in [4.69, 9.17) is 18.9 Å². The van der Waals surface area contributed by atoms with Crippen LogP contribution in [0.5, 0.6) is 17.5 Å². The number of hydrogen-bond donors (Lipinski definition) is 1. The van der Waals surface area contributed by atoms with Crippen LogP contribution in [0.15, 0.2) is 84.7 Å². The predicted octanol–water partition coefficient (Wildman–Crippen LogP) is 4.40. The van der Waals surface area contributed by atoms with Gasteiger partial charge in [0.05, 0.1) is 38.6 Å². The largest absolute Gasteiger partial charge is 0.497 e. The molecule has 1 aliphatic heterocycles. The van der Waals surface area contributed by atoms with Gasteiger partial charge in [0.15, 0.2) is 6.29 Å². The number of esters is 1. The quantitative estimate of drug-likeness (QED) is 0.200. The van der Waals surface area contributed by atoms with E-state index in [1.54, 1.807) is 74.0 Å². The van der Waals surface area contributed by atoms with E-state index in [2.05, 4.69) is 18.7 Å². The van der Waals surface area contributed by atoms with Crippen molar-refractivity contribution < 1.29 is 33.6 Å². The molecule has 0 spiro atoms. The third-order valence-electron chi connectivity index (χ3n) is 6.67. The van der Waals surface area contributed by atoms with Crippen LogP contribution in [0.2, 0.25) is 0 Å². The minimum atomic E-state index is -1.95. The molecule has 0 fully saturated rings. The number of hydrogen-bond acceptors (Lipinski definition) is 12. The standard InChI is InChI=1S/C24H19N3O5S.C7H7NO2/c1-30-17-7-5-16(6-8-17)24(29)18(11-14-3-10-21(31-2)25-13-14)22(23(28)32-24)15-4-9-19-20(12-15)27-33-26-19;1-10-7-3-2-6(5-9)4-8-7/h3-10,12-13,29H,11H2,1-2H3;2-5H,1H3. The predicted molar refractivity (Wildman–Crippen MR) is 158 cm³/mol. The molecule has 1 aliphatic rings.